The molecule has 1 heterocycles. The highest BCUT2D eigenvalue weighted by Gasteiger charge is 2.43. The van der Waals surface area contributed by atoms with Crippen molar-refractivity contribution in [3.8, 4) is 6.07 Å². The molecule has 0 fully saturated rings. The topological polar surface area (TPSA) is 111 Å². The van der Waals surface area contributed by atoms with Crippen LogP contribution in [0.3, 0.4) is 0 Å². The second-order valence-electron chi connectivity index (χ2n) is 5.96. The molecular formula is C18H20N4O2. The monoisotopic (exact) mass is 324 g/mol. The van der Waals surface area contributed by atoms with Gasteiger partial charge in [0.15, 0.2) is 0 Å². The molecule has 0 amide bonds. The van der Waals surface area contributed by atoms with Gasteiger partial charge in [0.05, 0.1) is 12.1 Å². The van der Waals surface area contributed by atoms with Crippen LogP contribution < -0.4 is 5.84 Å². The quantitative estimate of drug-likeness (QED) is 0.649. The molecule has 0 saturated heterocycles. The van der Waals surface area contributed by atoms with E-state index in [0.29, 0.717) is 11.1 Å². The number of carbonyl (C=O) groups excluding carboxylic acids is 2. The highest BCUT2D eigenvalue weighted by molar-refractivity contribution is 6.05. The van der Waals surface area contributed by atoms with Crippen molar-refractivity contribution in [3.05, 3.63) is 41.5 Å². The molecule has 0 spiro atoms. The van der Waals surface area contributed by atoms with Crippen LogP contribution in [0.15, 0.2) is 35.9 Å². The van der Waals surface area contributed by atoms with E-state index < -0.39 is 17.9 Å². The Morgan fingerprint density at radius 3 is 2.25 bits per heavy atom. The normalized spacial score (nSPS) is 21.0. The van der Waals surface area contributed by atoms with Crippen molar-refractivity contribution in [1.29, 1.82) is 10.7 Å². The Labute approximate surface area is 141 Å². The zero-order chi connectivity index (χ0) is 18.0. The summed E-state index contributed by atoms with van der Waals surface area (Å²) in [5.74, 6) is 3.48. The summed E-state index contributed by atoms with van der Waals surface area (Å²) in [4.78, 5) is 24.0. The molecule has 0 aliphatic carbocycles. The van der Waals surface area contributed by atoms with Gasteiger partial charge in [0.25, 0.3) is 0 Å². The third-order valence-corrected chi connectivity index (χ3v) is 4.41. The summed E-state index contributed by atoms with van der Waals surface area (Å²) in [6.07, 6.45) is 0. The minimum Gasteiger partial charge on any atom is -0.299 e. The van der Waals surface area contributed by atoms with E-state index >= 15 is 0 Å². The number of rotatable bonds is 4. The number of hydrogen-bond acceptors (Lipinski definition) is 5. The van der Waals surface area contributed by atoms with Crippen LogP contribution in [0.25, 0.3) is 5.57 Å². The van der Waals surface area contributed by atoms with E-state index in [4.69, 9.17) is 11.3 Å². The maximum Gasteiger partial charge on any atom is 0.142 e. The maximum absolute atomic E-state index is 12.0. The number of nitrogens with one attached hydrogen (secondary N) is 1. The number of carbonyl (C=O) groups is 2. The highest BCUT2D eigenvalue weighted by atomic mass is 16.1. The van der Waals surface area contributed by atoms with Gasteiger partial charge in [0.1, 0.15) is 29.2 Å². The number of amidine groups is 1. The van der Waals surface area contributed by atoms with Gasteiger partial charge in [-0.3, -0.25) is 20.0 Å². The van der Waals surface area contributed by atoms with Gasteiger partial charge in [-0.25, -0.2) is 5.84 Å². The third-order valence-electron chi connectivity index (χ3n) is 4.41. The van der Waals surface area contributed by atoms with Gasteiger partial charge in [0.2, 0.25) is 0 Å². The van der Waals surface area contributed by atoms with Crippen LogP contribution >= 0.6 is 0 Å². The summed E-state index contributed by atoms with van der Waals surface area (Å²) < 4.78 is 0. The molecule has 124 valence electrons. The Bertz CT molecular complexity index is 747. The highest BCUT2D eigenvalue weighted by Crippen LogP contribution is 2.37. The SMILES string of the molecule is CC(=O)C(C(C)=O)C1C(C)=C(c2ccccc2)C(C#N)C(=N)N1N. The van der Waals surface area contributed by atoms with Crippen LogP contribution in [-0.4, -0.2) is 28.5 Å². The van der Waals surface area contributed by atoms with Crippen molar-refractivity contribution < 1.29 is 9.59 Å². The molecule has 1 aliphatic heterocycles. The standard InChI is InChI=1S/C18H20N4O2/c1-10-15(13-7-5-4-6-8-13)14(9-19)18(20)22(21)17(10)16(11(2)23)12(3)24/h4-8,14,16-17,20H,21H2,1-3H3. The molecule has 0 saturated carbocycles. The van der Waals surface area contributed by atoms with E-state index in [1.807, 2.05) is 30.3 Å². The van der Waals surface area contributed by atoms with Gasteiger partial charge in [-0.2, -0.15) is 5.26 Å². The van der Waals surface area contributed by atoms with Crippen molar-refractivity contribution in [3.63, 3.8) is 0 Å². The molecule has 3 N–H and O–H groups in total. The smallest absolute Gasteiger partial charge is 0.142 e. The number of nitrogens with zero attached hydrogens (tertiary/aromatic N) is 2. The molecule has 0 aromatic heterocycles. The number of nitrogens with two attached hydrogens (primary N) is 1. The van der Waals surface area contributed by atoms with Crippen molar-refractivity contribution in [2.75, 3.05) is 0 Å². The van der Waals surface area contributed by atoms with Gasteiger partial charge in [-0.05, 0) is 37.5 Å². The molecule has 1 aliphatic rings. The molecule has 0 radical (unpaired) electrons. The van der Waals surface area contributed by atoms with E-state index in [-0.39, 0.29) is 17.4 Å². The number of ketones is 2. The van der Waals surface area contributed by atoms with E-state index in [9.17, 15) is 14.9 Å². The lowest BCUT2D eigenvalue weighted by Gasteiger charge is -2.41. The fraction of sp³-hybridized carbons (Fsp3) is 0.333. The molecular weight excluding hydrogens is 304 g/mol. The van der Waals surface area contributed by atoms with E-state index in [2.05, 4.69) is 6.07 Å². The number of benzene rings is 1. The molecule has 2 atom stereocenters. The summed E-state index contributed by atoms with van der Waals surface area (Å²) in [5, 5.41) is 18.9. The second-order valence-corrected chi connectivity index (χ2v) is 5.96. The zero-order valence-electron chi connectivity index (χ0n) is 13.9. The Kier molecular flexibility index (Phi) is 4.96. The van der Waals surface area contributed by atoms with Crippen molar-refractivity contribution >= 4 is 23.0 Å². The van der Waals surface area contributed by atoms with Crippen molar-refractivity contribution in [1.82, 2.24) is 5.01 Å². The molecule has 0 bridgehead atoms. The van der Waals surface area contributed by atoms with E-state index in [1.54, 1.807) is 6.92 Å². The summed E-state index contributed by atoms with van der Waals surface area (Å²) in [7, 11) is 0. The minimum atomic E-state index is -0.964. The van der Waals surface area contributed by atoms with Crippen molar-refractivity contribution in [2.45, 2.75) is 26.8 Å². The van der Waals surface area contributed by atoms with Crippen LogP contribution in [0.5, 0.6) is 0 Å². The van der Waals surface area contributed by atoms with Crippen LogP contribution in [0.1, 0.15) is 26.3 Å². The van der Waals surface area contributed by atoms with E-state index in [1.165, 1.54) is 13.8 Å². The van der Waals surface area contributed by atoms with Gasteiger partial charge < -0.3 is 0 Å². The average Bonchev–Trinajstić information content (AvgIpc) is 2.54. The molecule has 2 rings (SSSR count). The van der Waals surface area contributed by atoms with E-state index in [0.717, 1.165) is 10.6 Å². The predicted molar refractivity (Wildman–Crippen MR) is 90.5 cm³/mol. The Morgan fingerprint density at radius 1 is 1.25 bits per heavy atom. The number of Topliss-reactive ketones (excluding diaryl/α,β-unsaturated/α-hetero) is 2. The first-order chi connectivity index (χ1) is 11.3. The fourth-order valence-electron chi connectivity index (χ4n) is 3.31. The van der Waals surface area contributed by atoms with Crippen LogP contribution in [0.2, 0.25) is 0 Å². The van der Waals surface area contributed by atoms with Gasteiger partial charge >= 0.3 is 0 Å². The first-order valence-electron chi connectivity index (χ1n) is 7.60. The van der Waals surface area contributed by atoms with Crippen LogP contribution in [-0.2, 0) is 9.59 Å². The summed E-state index contributed by atoms with van der Waals surface area (Å²) in [6, 6.07) is 10.6. The summed E-state index contributed by atoms with van der Waals surface area (Å²) in [5.41, 5.74) is 2.10. The third kappa shape index (κ3) is 2.86. The van der Waals surface area contributed by atoms with Crippen molar-refractivity contribution in [2.24, 2.45) is 17.7 Å². The van der Waals surface area contributed by atoms with Crippen LogP contribution in [0, 0.1) is 28.6 Å². The molecule has 2 unspecified atom stereocenters. The van der Waals surface area contributed by atoms with Gasteiger partial charge in [-0.15, -0.1) is 0 Å². The van der Waals surface area contributed by atoms with Gasteiger partial charge in [-0.1, -0.05) is 30.3 Å². The summed E-state index contributed by atoms with van der Waals surface area (Å²) in [6.45, 7) is 4.45. The molecule has 1 aromatic rings. The minimum absolute atomic E-state index is 0.112. The van der Waals surface area contributed by atoms with Gasteiger partial charge in [0, 0.05) is 0 Å². The molecule has 1 aromatic carbocycles. The lowest BCUT2D eigenvalue weighted by Crippen LogP contribution is -2.57. The lowest BCUT2D eigenvalue weighted by molar-refractivity contribution is -0.132. The van der Waals surface area contributed by atoms with Crippen LogP contribution in [0.4, 0.5) is 0 Å². The Balaban J connectivity index is 2.72. The molecule has 24 heavy (non-hydrogen) atoms. The Morgan fingerprint density at radius 2 is 1.79 bits per heavy atom. The largest absolute Gasteiger partial charge is 0.299 e. The maximum atomic E-state index is 12.0. The summed E-state index contributed by atoms with van der Waals surface area (Å²) >= 11 is 0. The fourth-order valence-corrected chi connectivity index (χ4v) is 3.31. The average molecular weight is 324 g/mol. The number of hydrazine groups is 1. The first-order valence-corrected chi connectivity index (χ1v) is 7.60. The second kappa shape index (κ2) is 6.77. The number of hydrogen-bond donors (Lipinski definition) is 2. The number of nitriles is 1. The molecule has 6 heteroatoms. The predicted octanol–water partition coefficient (Wildman–Crippen LogP) is 1.93. The zero-order valence-corrected chi connectivity index (χ0v) is 13.9. The molecule has 6 nitrogen and oxygen atoms in total. The Hall–Kier alpha value is -2.78. The lowest BCUT2D eigenvalue weighted by atomic mass is 9.76. The first kappa shape index (κ1) is 17.6.